The van der Waals surface area contributed by atoms with E-state index in [1.54, 1.807) is 11.3 Å². The molecule has 25 heavy (non-hydrogen) atoms. The number of nitrogens with one attached hydrogen (secondary N) is 2. The van der Waals surface area contributed by atoms with Gasteiger partial charge in [0, 0.05) is 36.0 Å². The van der Waals surface area contributed by atoms with E-state index in [0.717, 1.165) is 32.0 Å². The molecule has 0 amide bonds. The summed E-state index contributed by atoms with van der Waals surface area (Å²) in [4.78, 5) is 10.6. The van der Waals surface area contributed by atoms with Gasteiger partial charge in [-0.15, -0.1) is 11.3 Å². The van der Waals surface area contributed by atoms with Gasteiger partial charge in [0.25, 0.3) is 0 Å². The summed E-state index contributed by atoms with van der Waals surface area (Å²) in [6.07, 6.45) is 5.35. The molecule has 134 valence electrons. The van der Waals surface area contributed by atoms with Crippen LogP contribution in [0.25, 0.3) is 0 Å². The SMILES string of the molecule is CCNC(=NCC1(c2ccccc2C)CC1)NCCc1ncc(C)s1. The fourth-order valence-electron chi connectivity index (χ4n) is 3.21. The van der Waals surface area contributed by atoms with Crippen LogP contribution >= 0.6 is 11.3 Å². The zero-order valence-electron chi connectivity index (χ0n) is 15.4. The van der Waals surface area contributed by atoms with Crippen molar-refractivity contribution in [1.82, 2.24) is 15.6 Å². The number of nitrogens with zero attached hydrogens (tertiary/aromatic N) is 2. The zero-order valence-corrected chi connectivity index (χ0v) is 16.2. The van der Waals surface area contributed by atoms with Crippen molar-refractivity contribution in [2.24, 2.45) is 4.99 Å². The second kappa shape index (κ2) is 8.00. The molecular weight excluding hydrogens is 328 g/mol. The highest BCUT2D eigenvalue weighted by molar-refractivity contribution is 7.11. The number of hydrogen-bond acceptors (Lipinski definition) is 3. The standard InChI is InChI=1S/C20H28N4S/c1-4-21-19(22-12-9-18-23-13-16(3)25-18)24-14-20(10-11-20)17-8-6-5-7-15(17)2/h5-8,13H,4,9-12,14H2,1-3H3,(H2,21,22,24). The molecule has 3 rings (SSSR count). The first-order valence-corrected chi connectivity index (χ1v) is 9.94. The Hall–Kier alpha value is -1.88. The third kappa shape index (κ3) is 4.60. The maximum absolute atomic E-state index is 4.88. The van der Waals surface area contributed by atoms with Crippen LogP contribution in [0.2, 0.25) is 0 Å². The van der Waals surface area contributed by atoms with Crippen LogP contribution in [0, 0.1) is 13.8 Å². The molecule has 0 spiro atoms. The highest BCUT2D eigenvalue weighted by atomic mass is 32.1. The predicted molar refractivity (Wildman–Crippen MR) is 107 cm³/mol. The molecule has 0 radical (unpaired) electrons. The summed E-state index contributed by atoms with van der Waals surface area (Å²) >= 11 is 1.77. The van der Waals surface area contributed by atoms with Crippen LogP contribution in [0.1, 0.15) is 40.8 Å². The van der Waals surface area contributed by atoms with Gasteiger partial charge in [-0.2, -0.15) is 0 Å². The van der Waals surface area contributed by atoms with E-state index < -0.39 is 0 Å². The summed E-state index contributed by atoms with van der Waals surface area (Å²) in [7, 11) is 0. The molecule has 0 saturated heterocycles. The fourth-order valence-corrected chi connectivity index (χ4v) is 4.00. The van der Waals surface area contributed by atoms with Gasteiger partial charge in [0.15, 0.2) is 5.96 Å². The second-order valence-corrected chi connectivity index (χ2v) is 8.15. The largest absolute Gasteiger partial charge is 0.357 e. The Morgan fingerprint density at radius 2 is 2.04 bits per heavy atom. The summed E-state index contributed by atoms with van der Waals surface area (Å²) in [6, 6.07) is 8.73. The second-order valence-electron chi connectivity index (χ2n) is 6.83. The van der Waals surface area contributed by atoms with E-state index in [-0.39, 0.29) is 5.41 Å². The van der Waals surface area contributed by atoms with Gasteiger partial charge in [-0.3, -0.25) is 4.99 Å². The molecule has 1 heterocycles. The van der Waals surface area contributed by atoms with Gasteiger partial charge in [-0.1, -0.05) is 24.3 Å². The van der Waals surface area contributed by atoms with Crippen molar-refractivity contribution in [2.75, 3.05) is 19.6 Å². The topological polar surface area (TPSA) is 49.3 Å². The van der Waals surface area contributed by atoms with Crippen molar-refractivity contribution in [1.29, 1.82) is 0 Å². The lowest BCUT2D eigenvalue weighted by Gasteiger charge is -2.17. The van der Waals surface area contributed by atoms with Crippen LogP contribution in [0.5, 0.6) is 0 Å². The summed E-state index contributed by atoms with van der Waals surface area (Å²) in [6.45, 7) is 8.99. The molecule has 1 aliphatic rings. The van der Waals surface area contributed by atoms with Crippen molar-refractivity contribution in [3.8, 4) is 0 Å². The molecule has 2 aromatic rings. The van der Waals surface area contributed by atoms with E-state index in [1.165, 1.54) is 33.9 Å². The van der Waals surface area contributed by atoms with Crippen LogP contribution in [0.4, 0.5) is 0 Å². The number of hydrogen-bond donors (Lipinski definition) is 2. The normalized spacial score (nSPS) is 15.9. The molecule has 1 aliphatic carbocycles. The summed E-state index contributed by atoms with van der Waals surface area (Å²) in [5.41, 5.74) is 3.10. The first-order valence-electron chi connectivity index (χ1n) is 9.12. The van der Waals surface area contributed by atoms with Gasteiger partial charge in [0.2, 0.25) is 0 Å². The number of rotatable bonds is 7. The molecule has 0 aliphatic heterocycles. The van der Waals surface area contributed by atoms with E-state index in [9.17, 15) is 0 Å². The van der Waals surface area contributed by atoms with Gasteiger partial charge >= 0.3 is 0 Å². The minimum Gasteiger partial charge on any atom is -0.357 e. The Balaban J connectivity index is 1.59. The summed E-state index contributed by atoms with van der Waals surface area (Å²) in [5, 5.41) is 7.99. The Bertz CT molecular complexity index is 731. The molecule has 1 aromatic heterocycles. The van der Waals surface area contributed by atoms with Crippen LogP contribution < -0.4 is 10.6 Å². The Morgan fingerprint density at radius 1 is 1.24 bits per heavy atom. The predicted octanol–water partition coefficient (Wildman–Crippen LogP) is 3.59. The molecule has 1 saturated carbocycles. The average Bonchev–Trinajstić information content (AvgIpc) is 3.28. The molecule has 4 nitrogen and oxygen atoms in total. The van der Waals surface area contributed by atoms with Gasteiger partial charge in [0.1, 0.15) is 0 Å². The fraction of sp³-hybridized carbons (Fsp3) is 0.500. The average molecular weight is 357 g/mol. The Labute approximate surface area is 154 Å². The van der Waals surface area contributed by atoms with E-state index in [4.69, 9.17) is 4.99 Å². The molecule has 2 N–H and O–H groups in total. The summed E-state index contributed by atoms with van der Waals surface area (Å²) in [5.74, 6) is 0.913. The number of aliphatic imine (C=N–C) groups is 1. The monoisotopic (exact) mass is 356 g/mol. The smallest absolute Gasteiger partial charge is 0.191 e. The lowest BCUT2D eigenvalue weighted by atomic mass is 9.92. The quantitative estimate of drug-likeness (QED) is 0.589. The van der Waals surface area contributed by atoms with Crippen molar-refractivity contribution < 1.29 is 0 Å². The first-order chi connectivity index (χ1) is 12.1. The molecule has 1 aromatic carbocycles. The molecule has 0 unspecified atom stereocenters. The number of benzene rings is 1. The molecule has 1 fully saturated rings. The van der Waals surface area contributed by atoms with Crippen LogP contribution in [-0.2, 0) is 11.8 Å². The first kappa shape index (κ1) is 17.9. The molecule has 5 heteroatoms. The highest BCUT2D eigenvalue weighted by Crippen LogP contribution is 2.49. The lowest BCUT2D eigenvalue weighted by Crippen LogP contribution is -2.39. The van der Waals surface area contributed by atoms with Crippen molar-refractivity contribution >= 4 is 17.3 Å². The zero-order chi connectivity index (χ0) is 17.7. The van der Waals surface area contributed by atoms with Gasteiger partial charge in [-0.05, 0) is 44.7 Å². The van der Waals surface area contributed by atoms with Crippen molar-refractivity contribution in [3.05, 3.63) is 51.5 Å². The number of aryl methyl sites for hydroxylation is 2. The van der Waals surface area contributed by atoms with E-state index in [2.05, 4.69) is 60.7 Å². The third-order valence-corrected chi connectivity index (χ3v) is 5.73. The van der Waals surface area contributed by atoms with Gasteiger partial charge in [-0.25, -0.2) is 4.98 Å². The van der Waals surface area contributed by atoms with Crippen LogP contribution in [-0.4, -0.2) is 30.6 Å². The van der Waals surface area contributed by atoms with E-state index in [0.29, 0.717) is 0 Å². The number of aromatic nitrogens is 1. The van der Waals surface area contributed by atoms with Gasteiger partial charge in [0.05, 0.1) is 11.6 Å². The summed E-state index contributed by atoms with van der Waals surface area (Å²) < 4.78 is 0. The minimum atomic E-state index is 0.250. The highest BCUT2D eigenvalue weighted by Gasteiger charge is 2.44. The van der Waals surface area contributed by atoms with Crippen LogP contribution in [0.15, 0.2) is 35.5 Å². The molecule has 0 atom stereocenters. The van der Waals surface area contributed by atoms with E-state index >= 15 is 0 Å². The molecular formula is C20H28N4S. The number of guanidine groups is 1. The maximum Gasteiger partial charge on any atom is 0.191 e. The number of thiazole rings is 1. The van der Waals surface area contributed by atoms with E-state index in [1.807, 2.05) is 6.20 Å². The van der Waals surface area contributed by atoms with Crippen molar-refractivity contribution in [2.45, 2.75) is 45.4 Å². The maximum atomic E-state index is 4.88. The lowest BCUT2D eigenvalue weighted by molar-refractivity contribution is 0.687. The minimum absolute atomic E-state index is 0.250. The van der Waals surface area contributed by atoms with Crippen molar-refractivity contribution in [3.63, 3.8) is 0 Å². The molecule has 0 bridgehead atoms. The van der Waals surface area contributed by atoms with Crippen LogP contribution in [0.3, 0.4) is 0 Å². The third-order valence-electron chi connectivity index (χ3n) is 4.75. The van der Waals surface area contributed by atoms with Gasteiger partial charge < -0.3 is 10.6 Å². The Kier molecular flexibility index (Phi) is 5.74. The Morgan fingerprint density at radius 3 is 2.68 bits per heavy atom.